The molecule has 0 fully saturated rings. The smallest absolute Gasteiger partial charge is 0.226 e. The number of aromatic nitrogens is 2. The van der Waals surface area contributed by atoms with Crippen LogP contribution in [0, 0.1) is 6.92 Å². The maximum Gasteiger partial charge on any atom is 0.226 e. The van der Waals surface area contributed by atoms with E-state index in [-0.39, 0.29) is 17.7 Å². The van der Waals surface area contributed by atoms with Crippen molar-refractivity contribution in [2.24, 2.45) is 0 Å². The molecule has 0 aliphatic heterocycles. The first-order chi connectivity index (χ1) is 12.8. The Hall–Kier alpha value is -2.82. The third-order valence-electron chi connectivity index (χ3n) is 4.46. The van der Waals surface area contributed by atoms with Gasteiger partial charge in [-0.15, -0.1) is 0 Å². The highest BCUT2D eigenvalue weighted by Gasteiger charge is 2.14. The largest absolute Gasteiger partial charge is 0.492 e. The van der Waals surface area contributed by atoms with Crippen LogP contribution in [0.4, 0.5) is 0 Å². The first kappa shape index (κ1) is 19.0. The molecule has 0 aliphatic carbocycles. The van der Waals surface area contributed by atoms with Gasteiger partial charge in [0.05, 0.1) is 18.7 Å². The second-order valence-electron chi connectivity index (χ2n) is 7.81. The third kappa shape index (κ3) is 4.88. The van der Waals surface area contributed by atoms with Gasteiger partial charge in [0.15, 0.2) is 0 Å². The van der Waals surface area contributed by atoms with Crippen LogP contribution in [-0.4, -0.2) is 28.4 Å². The number of pyridine rings is 1. The van der Waals surface area contributed by atoms with E-state index >= 15 is 0 Å². The number of nitrogens with zero attached hydrogens (tertiary/aromatic N) is 2. The van der Waals surface area contributed by atoms with Gasteiger partial charge in [0.25, 0.3) is 0 Å². The lowest BCUT2D eigenvalue weighted by Gasteiger charge is -2.19. The van der Waals surface area contributed by atoms with Crippen LogP contribution in [0.25, 0.3) is 5.65 Å². The molecule has 2 aromatic heterocycles. The van der Waals surface area contributed by atoms with Gasteiger partial charge < -0.3 is 14.5 Å². The summed E-state index contributed by atoms with van der Waals surface area (Å²) in [6, 6.07) is 12.1. The van der Waals surface area contributed by atoms with Crippen molar-refractivity contribution in [3.05, 3.63) is 65.6 Å². The summed E-state index contributed by atoms with van der Waals surface area (Å²) in [7, 11) is 0. The Morgan fingerprint density at radius 2 is 2.04 bits per heavy atom. The van der Waals surface area contributed by atoms with Crippen molar-refractivity contribution in [1.82, 2.24) is 14.7 Å². The first-order valence-corrected chi connectivity index (χ1v) is 9.26. The minimum atomic E-state index is -0.0527. The van der Waals surface area contributed by atoms with Gasteiger partial charge in [-0.05, 0) is 41.7 Å². The molecule has 1 aromatic carbocycles. The zero-order valence-electron chi connectivity index (χ0n) is 16.5. The minimum Gasteiger partial charge on any atom is -0.492 e. The second-order valence-corrected chi connectivity index (χ2v) is 7.81. The van der Waals surface area contributed by atoms with Gasteiger partial charge in [0, 0.05) is 12.4 Å². The molecule has 1 N–H and O–H groups in total. The predicted octanol–water partition coefficient (Wildman–Crippen LogP) is 3.68. The number of fused-ring (bicyclic) bond motifs is 1. The quantitative estimate of drug-likeness (QED) is 0.678. The van der Waals surface area contributed by atoms with Crippen molar-refractivity contribution in [2.75, 3.05) is 13.2 Å². The van der Waals surface area contributed by atoms with Gasteiger partial charge in [0.2, 0.25) is 5.91 Å². The monoisotopic (exact) mass is 365 g/mol. The van der Waals surface area contributed by atoms with Crippen molar-refractivity contribution < 1.29 is 9.53 Å². The van der Waals surface area contributed by atoms with Crippen molar-refractivity contribution in [3.63, 3.8) is 0 Å². The van der Waals surface area contributed by atoms with Crippen LogP contribution in [0.5, 0.6) is 5.75 Å². The molecule has 0 aliphatic rings. The predicted molar refractivity (Wildman–Crippen MR) is 107 cm³/mol. The van der Waals surface area contributed by atoms with Crippen molar-refractivity contribution in [3.8, 4) is 5.75 Å². The number of aryl methyl sites for hydroxylation is 1. The molecule has 0 saturated carbocycles. The van der Waals surface area contributed by atoms with Gasteiger partial charge in [-0.3, -0.25) is 4.79 Å². The topological polar surface area (TPSA) is 55.6 Å². The highest BCUT2D eigenvalue weighted by molar-refractivity contribution is 5.78. The number of carbonyl (C=O) groups is 1. The minimum absolute atomic E-state index is 0.0527. The van der Waals surface area contributed by atoms with E-state index in [4.69, 9.17) is 4.74 Å². The normalized spacial score (nSPS) is 11.6. The fourth-order valence-corrected chi connectivity index (χ4v) is 2.93. The maximum atomic E-state index is 12.2. The Morgan fingerprint density at radius 3 is 2.78 bits per heavy atom. The van der Waals surface area contributed by atoms with E-state index in [2.05, 4.69) is 43.2 Å². The van der Waals surface area contributed by atoms with Crippen molar-refractivity contribution >= 4 is 11.6 Å². The molecule has 0 unspecified atom stereocenters. The van der Waals surface area contributed by atoms with E-state index in [1.54, 1.807) is 0 Å². The van der Waals surface area contributed by atoms with Gasteiger partial charge in [-0.25, -0.2) is 4.98 Å². The Labute approximate surface area is 160 Å². The molecule has 0 spiro atoms. The Balaban J connectivity index is 1.47. The summed E-state index contributed by atoms with van der Waals surface area (Å²) in [4.78, 5) is 16.7. The molecule has 0 bridgehead atoms. The maximum absolute atomic E-state index is 12.2. The lowest BCUT2D eigenvalue weighted by molar-refractivity contribution is -0.120. The van der Waals surface area contributed by atoms with Gasteiger partial charge >= 0.3 is 0 Å². The number of carbonyl (C=O) groups excluding carboxylic acids is 1. The van der Waals surface area contributed by atoms with Crippen LogP contribution in [0.2, 0.25) is 0 Å². The Kier molecular flexibility index (Phi) is 5.49. The number of rotatable bonds is 6. The van der Waals surface area contributed by atoms with Gasteiger partial charge in [-0.1, -0.05) is 39.0 Å². The number of hydrogen-bond acceptors (Lipinski definition) is 3. The SMILES string of the molecule is Cc1cccn2cc(CC(=O)NCCOc3cccc(C(C)(C)C)c3)nc12. The molecule has 27 heavy (non-hydrogen) atoms. The second kappa shape index (κ2) is 7.82. The van der Waals surface area contributed by atoms with Crippen molar-refractivity contribution in [2.45, 2.75) is 39.5 Å². The number of amides is 1. The van der Waals surface area contributed by atoms with Crippen LogP contribution in [0.15, 0.2) is 48.8 Å². The van der Waals surface area contributed by atoms with E-state index < -0.39 is 0 Å². The molecule has 3 rings (SSSR count). The van der Waals surface area contributed by atoms with E-state index in [1.807, 2.05) is 48.0 Å². The van der Waals surface area contributed by atoms with E-state index in [0.717, 1.165) is 22.7 Å². The highest BCUT2D eigenvalue weighted by Crippen LogP contribution is 2.25. The molecule has 3 aromatic rings. The molecule has 0 atom stereocenters. The average Bonchev–Trinajstić information content (AvgIpc) is 3.02. The molecule has 0 radical (unpaired) electrons. The summed E-state index contributed by atoms with van der Waals surface area (Å²) < 4.78 is 7.72. The number of hydrogen-bond donors (Lipinski definition) is 1. The lowest BCUT2D eigenvalue weighted by Crippen LogP contribution is -2.29. The summed E-state index contributed by atoms with van der Waals surface area (Å²) in [6.45, 7) is 9.43. The summed E-state index contributed by atoms with van der Waals surface area (Å²) in [6.07, 6.45) is 4.10. The van der Waals surface area contributed by atoms with Crippen LogP contribution in [0.3, 0.4) is 0 Å². The molecule has 5 nitrogen and oxygen atoms in total. The fraction of sp³-hybridized carbons (Fsp3) is 0.364. The number of imidazole rings is 1. The lowest BCUT2D eigenvalue weighted by atomic mass is 9.87. The molecular formula is C22H27N3O2. The molecule has 142 valence electrons. The fourth-order valence-electron chi connectivity index (χ4n) is 2.93. The zero-order chi connectivity index (χ0) is 19.4. The van der Waals surface area contributed by atoms with Crippen molar-refractivity contribution in [1.29, 1.82) is 0 Å². The van der Waals surface area contributed by atoms with E-state index in [1.165, 1.54) is 5.56 Å². The Bertz CT molecular complexity index is 938. The molecule has 2 heterocycles. The van der Waals surface area contributed by atoms with Gasteiger partial charge in [-0.2, -0.15) is 0 Å². The zero-order valence-corrected chi connectivity index (χ0v) is 16.5. The summed E-state index contributed by atoms with van der Waals surface area (Å²) in [5.74, 6) is 0.774. The number of nitrogens with one attached hydrogen (secondary N) is 1. The summed E-state index contributed by atoms with van der Waals surface area (Å²) >= 11 is 0. The summed E-state index contributed by atoms with van der Waals surface area (Å²) in [5.41, 5.74) is 4.06. The van der Waals surface area contributed by atoms with E-state index in [9.17, 15) is 4.79 Å². The summed E-state index contributed by atoms with van der Waals surface area (Å²) in [5, 5.41) is 2.89. The van der Waals surface area contributed by atoms with Crippen LogP contribution in [0.1, 0.15) is 37.6 Å². The number of ether oxygens (including phenoxy) is 1. The Morgan fingerprint density at radius 1 is 1.22 bits per heavy atom. The van der Waals surface area contributed by atoms with E-state index in [0.29, 0.717) is 13.2 Å². The average molecular weight is 365 g/mol. The molecule has 1 amide bonds. The standard InChI is InChI=1S/C22H27N3O2/c1-16-7-6-11-25-15-18(24-21(16)25)14-20(26)23-10-12-27-19-9-5-8-17(13-19)22(2,3)4/h5-9,11,13,15H,10,12,14H2,1-4H3,(H,23,26). The van der Waals surface area contributed by atoms with Gasteiger partial charge in [0.1, 0.15) is 18.0 Å². The highest BCUT2D eigenvalue weighted by atomic mass is 16.5. The van der Waals surface area contributed by atoms with Crippen LogP contribution in [-0.2, 0) is 16.6 Å². The molecule has 0 saturated heterocycles. The first-order valence-electron chi connectivity index (χ1n) is 9.26. The third-order valence-corrected chi connectivity index (χ3v) is 4.46. The molecule has 5 heteroatoms. The number of benzene rings is 1. The van der Waals surface area contributed by atoms with Crippen LogP contribution >= 0.6 is 0 Å². The molecular weight excluding hydrogens is 338 g/mol. The van der Waals surface area contributed by atoms with Crippen LogP contribution < -0.4 is 10.1 Å².